The van der Waals surface area contributed by atoms with Crippen LogP contribution in [0.25, 0.3) is 0 Å². The van der Waals surface area contributed by atoms with Gasteiger partial charge in [-0.15, -0.1) is 6.58 Å². The minimum Gasteiger partial charge on any atom is -0.748 e. The van der Waals surface area contributed by atoms with Gasteiger partial charge in [0.25, 0.3) is 5.82 Å². The summed E-state index contributed by atoms with van der Waals surface area (Å²) in [7, 11) is 0.0666. The number of rotatable bonds is 3. The first-order valence-corrected chi connectivity index (χ1v) is 6.37. The third-order valence-electron chi connectivity index (χ3n) is 2.11. The van der Waals surface area contributed by atoms with Crippen LogP contribution in [-0.2, 0) is 24.2 Å². The highest BCUT2D eigenvalue weighted by atomic mass is 32.2. The standard InChI is InChI=1S/C6H11N2.C4H8O3S/c1-6-7(2)4-5-8(6)3;1-2-3-4-8(5,6)7/h4-5H,1-3H3;2H,1,3-4H2,(H,5,6,7)/q+1;/p-1. The van der Waals surface area contributed by atoms with Crippen molar-refractivity contribution in [3.8, 4) is 0 Å². The van der Waals surface area contributed by atoms with Crippen LogP contribution in [0.3, 0.4) is 0 Å². The highest BCUT2D eigenvalue weighted by molar-refractivity contribution is 7.85. The van der Waals surface area contributed by atoms with Gasteiger partial charge in [-0.05, 0) is 6.42 Å². The van der Waals surface area contributed by atoms with Crippen molar-refractivity contribution in [1.29, 1.82) is 0 Å². The Morgan fingerprint density at radius 2 is 2.19 bits per heavy atom. The molecule has 0 fully saturated rings. The zero-order valence-electron chi connectivity index (χ0n) is 9.88. The van der Waals surface area contributed by atoms with Gasteiger partial charge in [0.05, 0.1) is 24.2 Å². The Morgan fingerprint density at radius 1 is 1.62 bits per heavy atom. The van der Waals surface area contributed by atoms with E-state index in [0.717, 1.165) is 0 Å². The van der Waals surface area contributed by atoms with E-state index in [0.29, 0.717) is 0 Å². The van der Waals surface area contributed by atoms with E-state index in [2.05, 4.69) is 22.6 Å². The van der Waals surface area contributed by atoms with Crippen LogP contribution in [0, 0.1) is 6.92 Å². The molecule has 16 heavy (non-hydrogen) atoms. The van der Waals surface area contributed by atoms with Gasteiger partial charge in [-0.3, -0.25) is 0 Å². The van der Waals surface area contributed by atoms with Crippen molar-refractivity contribution in [3.05, 3.63) is 30.9 Å². The summed E-state index contributed by atoms with van der Waals surface area (Å²) in [5, 5.41) is 0. The van der Waals surface area contributed by atoms with Crippen LogP contribution in [0.1, 0.15) is 12.2 Å². The van der Waals surface area contributed by atoms with Crippen LogP contribution in [0.5, 0.6) is 0 Å². The third-order valence-corrected chi connectivity index (χ3v) is 2.84. The highest BCUT2D eigenvalue weighted by Crippen LogP contribution is 1.86. The van der Waals surface area contributed by atoms with E-state index in [1.54, 1.807) is 0 Å². The van der Waals surface area contributed by atoms with Gasteiger partial charge in [-0.25, -0.2) is 17.6 Å². The molecular formula is C10H18N2O3S. The van der Waals surface area contributed by atoms with Gasteiger partial charge >= 0.3 is 0 Å². The highest BCUT2D eigenvalue weighted by Gasteiger charge is 2.00. The molecular weight excluding hydrogens is 228 g/mol. The van der Waals surface area contributed by atoms with E-state index in [4.69, 9.17) is 0 Å². The number of nitrogens with zero attached hydrogens (tertiary/aromatic N) is 2. The van der Waals surface area contributed by atoms with Gasteiger partial charge in [-0.2, -0.15) is 0 Å². The molecule has 1 aromatic heterocycles. The maximum Gasteiger partial charge on any atom is 0.252 e. The van der Waals surface area contributed by atoms with E-state index in [-0.39, 0.29) is 12.2 Å². The molecule has 0 aliphatic rings. The van der Waals surface area contributed by atoms with Crippen molar-refractivity contribution in [2.45, 2.75) is 13.3 Å². The second-order valence-corrected chi connectivity index (χ2v) is 4.93. The van der Waals surface area contributed by atoms with Crippen molar-refractivity contribution in [1.82, 2.24) is 4.57 Å². The molecule has 0 aliphatic carbocycles. The summed E-state index contributed by atoms with van der Waals surface area (Å²) in [4.78, 5) is 0. The largest absolute Gasteiger partial charge is 0.748 e. The Hall–Kier alpha value is -1.14. The molecule has 6 heteroatoms. The van der Waals surface area contributed by atoms with Crippen LogP contribution >= 0.6 is 0 Å². The minimum absolute atomic E-state index is 0.242. The second-order valence-electron chi connectivity index (χ2n) is 3.41. The van der Waals surface area contributed by atoms with E-state index >= 15 is 0 Å². The Bertz CT molecular complexity index is 415. The Labute approximate surface area is 96.8 Å². The number of hydrogen-bond acceptors (Lipinski definition) is 3. The quantitative estimate of drug-likeness (QED) is 0.437. The molecule has 0 aromatic carbocycles. The van der Waals surface area contributed by atoms with Crippen molar-refractivity contribution >= 4 is 10.1 Å². The predicted octanol–water partition coefficient (Wildman–Crippen LogP) is 0.266. The molecule has 0 unspecified atom stereocenters. The van der Waals surface area contributed by atoms with Crippen LogP contribution in [-0.4, -0.2) is 23.3 Å². The molecule has 0 N–H and O–H groups in total. The lowest BCUT2D eigenvalue weighted by Gasteiger charge is -2.01. The third kappa shape index (κ3) is 6.36. The minimum atomic E-state index is -4.01. The van der Waals surface area contributed by atoms with Crippen LogP contribution in [0.4, 0.5) is 0 Å². The Balaban J connectivity index is 0.000000281. The van der Waals surface area contributed by atoms with E-state index in [9.17, 15) is 13.0 Å². The fourth-order valence-corrected chi connectivity index (χ4v) is 1.35. The van der Waals surface area contributed by atoms with Crippen LogP contribution < -0.4 is 4.57 Å². The number of aromatic nitrogens is 2. The summed E-state index contributed by atoms with van der Waals surface area (Å²) in [6.45, 7) is 5.34. The van der Waals surface area contributed by atoms with Gasteiger partial charge in [0.15, 0.2) is 0 Å². The Kier molecular flexibility index (Phi) is 5.98. The average molecular weight is 246 g/mol. The van der Waals surface area contributed by atoms with Crippen molar-refractivity contribution < 1.29 is 17.5 Å². The second kappa shape index (κ2) is 6.44. The molecule has 0 bridgehead atoms. The molecule has 5 nitrogen and oxygen atoms in total. The lowest BCUT2D eigenvalue weighted by molar-refractivity contribution is -0.677. The molecule has 0 saturated heterocycles. The van der Waals surface area contributed by atoms with E-state index < -0.39 is 10.1 Å². The summed E-state index contributed by atoms with van der Waals surface area (Å²) in [6.07, 6.45) is 5.71. The molecule has 1 aromatic rings. The molecule has 0 saturated carbocycles. The number of aryl methyl sites for hydroxylation is 2. The zero-order chi connectivity index (χ0) is 12.8. The summed E-state index contributed by atoms with van der Waals surface area (Å²) in [5.74, 6) is 0.932. The number of imidazole rings is 1. The summed E-state index contributed by atoms with van der Waals surface area (Å²) in [6, 6.07) is 0. The molecule has 1 rings (SSSR count). The normalized spacial score (nSPS) is 10.5. The maximum atomic E-state index is 9.79. The van der Waals surface area contributed by atoms with Crippen LogP contribution in [0.15, 0.2) is 25.0 Å². The van der Waals surface area contributed by atoms with Gasteiger partial charge < -0.3 is 4.55 Å². The molecule has 0 atom stereocenters. The predicted molar refractivity (Wildman–Crippen MR) is 60.7 cm³/mol. The lowest BCUT2D eigenvalue weighted by atomic mass is 10.5. The van der Waals surface area contributed by atoms with Crippen molar-refractivity contribution in [2.75, 3.05) is 5.75 Å². The van der Waals surface area contributed by atoms with E-state index in [1.165, 1.54) is 11.9 Å². The molecule has 0 aliphatic heterocycles. The average Bonchev–Trinajstić information content (AvgIpc) is 2.46. The van der Waals surface area contributed by atoms with Gasteiger partial charge in [0, 0.05) is 12.7 Å². The molecule has 0 radical (unpaired) electrons. The van der Waals surface area contributed by atoms with Gasteiger partial charge in [-0.1, -0.05) is 6.08 Å². The number of hydrogen-bond donors (Lipinski definition) is 0. The van der Waals surface area contributed by atoms with Gasteiger partial charge in [0.1, 0.15) is 12.4 Å². The SMILES string of the molecule is C=CCCS(=O)(=O)[O-].Cc1n(C)cc[n+]1C. The smallest absolute Gasteiger partial charge is 0.252 e. The van der Waals surface area contributed by atoms with Crippen molar-refractivity contribution in [3.63, 3.8) is 0 Å². The zero-order valence-corrected chi connectivity index (χ0v) is 10.7. The topological polar surface area (TPSA) is 66.0 Å². The molecule has 1 heterocycles. The first-order chi connectivity index (χ1) is 7.28. The first kappa shape index (κ1) is 14.9. The van der Waals surface area contributed by atoms with E-state index in [1.807, 2.05) is 26.5 Å². The first-order valence-electron chi connectivity index (χ1n) is 4.80. The fraction of sp³-hybridized carbons (Fsp3) is 0.500. The van der Waals surface area contributed by atoms with Crippen molar-refractivity contribution in [2.24, 2.45) is 14.1 Å². The number of allylic oxidation sites excluding steroid dienone is 1. The van der Waals surface area contributed by atoms with Crippen LogP contribution in [0.2, 0.25) is 0 Å². The molecule has 0 amide bonds. The molecule has 0 spiro atoms. The molecule has 92 valence electrons. The summed E-state index contributed by atoms with van der Waals surface area (Å²) >= 11 is 0. The summed E-state index contributed by atoms with van der Waals surface area (Å²) < 4.78 is 33.5. The Morgan fingerprint density at radius 3 is 2.31 bits per heavy atom. The monoisotopic (exact) mass is 246 g/mol. The lowest BCUT2D eigenvalue weighted by Crippen LogP contribution is -2.29. The fourth-order valence-electron chi connectivity index (χ4n) is 0.892. The maximum absolute atomic E-state index is 9.79. The summed E-state index contributed by atoms with van der Waals surface area (Å²) in [5.41, 5.74) is 0. The van der Waals surface area contributed by atoms with Gasteiger partial charge in [0.2, 0.25) is 0 Å².